The standard InChI is InChI=1S/C30H30N2O5/c1-4-31(5-2)22-13-10-19(11-14-22)27-26(28(33)21-12-15-24-20(18-21)16-17-37-24)29(34)30(35)32(27)23-8-6-7-9-25(23)36-3/h6-15,18,27,33H,4-5,16-17H2,1-3H3/b28-26-. The van der Waals surface area contributed by atoms with Gasteiger partial charge in [0, 0.05) is 30.8 Å². The third kappa shape index (κ3) is 4.20. The van der Waals surface area contributed by atoms with E-state index < -0.39 is 17.7 Å². The van der Waals surface area contributed by atoms with Crippen molar-refractivity contribution >= 4 is 28.8 Å². The number of nitrogens with zero attached hydrogens (tertiary/aromatic N) is 2. The van der Waals surface area contributed by atoms with E-state index in [1.165, 1.54) is 12.0 Å². The summed E-state index contributed by atoms with van der Waals surface area (Å²) in [6.45, 7) is 6.48. The number of para-hydroxylation sites is 2. The van der Waals surface area contributed by atoms with Gasteiger partial charge in [0.1, 0.15) is 17.3 Å². The number of anilines is 2. The highest BCUT2D eigenvalue weighted by molar-refractivity contribution is 6.52. The van der Waals surface area contributed by atoms with E-state index in [4.69, 9.17) is 9.47 Å². The molecular weight excluding hydrogens is 468 g/mol. The van der Waals surface area contributed by atoms with Crippen LogP contribution < -0.4 is 19.3 Å². The van der Waals surface area contributed by atoms with Gasteiger partial charge in [-0.25, -0.2) is 0 Å². The van der Waals surface area contributed by atoms with Crippen molar-refractivity contribution in [3.63, 3.8) is 0 Å². The van der Waals surface area contributed by atoms with E-state index in [-0.39, 0.29) is 11.3 Å². The van der Waals surface area contributed by atoms with Gasteiger partial charge in [-0.1, -0.05) is 24.3 Å². The summed E-state index contributed by atoms with van der Waals surface area (Å²) in [5, 5.41) is 11.5. The van der Waals surface area contributed by atoms with E-state index in [0.29, 0.717) is 29.2 Å². The molecule has 0 aromatic heterocycles. The number of carbonyl (C=O) groups is 2. The number of carbonyl (C=O) groups excluding carboxylic acids is 2. The van der Waals surface area contributed by atoms with Crippen LogP contribution in [0.1, 0.15) is 36.6 Å². The first kappa shape index (κ1) is 24.4. The number of hydrogen-bond acceptors (Lipinski definition) is 6. The lowest BCUT2D eigenvalue weighted by atomic mass is 9.94. The molecule has 0 spiro atoms. The van der Waals surface area contributed by atoms with Crippen LogP contribution in [0, 0.1) is 0 Å². The molecule has 3 aromatic rings. The second kappa shape index (κ2) is 10.0. The molecule has 2 aliphatic heterocycles. The van der Waals surface area contributed by atoms with E-state index in [1.807, 2.05) is 30.3 Å². The summed E-state index contributed by atoms with van der Waals surface area (Å²) in [6, 6.07) is 19.4. The highest BCUT2D eigenvalue weighted by Gasteiger charge is 2.47. The summed E-state index contributed by atoms with van der Waals surface area (Å²) in [5.74, 6) is -0.423. The largest absolute Gasteiger partial charge is 0.507 e. The number of fused-ring (bicyclic) bond motifs is 1. The van der Waals surface area contributed by atoms with Gasteiger partial charge in [0.25, 0.3) is 11.7 Å². The maximum Gasteiger partial charge on any atom is 0.300 e. The molecule has 2 heterocycles. The van der Waals surface area contributed by atoms with Crippen LogP contribution in [0.25, 0.3) is 5.76 Å². The fourth-order valence-electron chi connectivity index (χ4n) is 5.17. The van der Waals surface area contributed by atoms with Gasteiger partial charge in [0.15, 0.2) is 0 Å². The Kier molecular flexibility index (Phi) is 6.61. The second-order valence-corrected chi connectivity index (χ2v) is 9.03. The molecule has 0 aliphatic carbocycles. The number of benzene rings is 3. The van der Waals surface area contributed by atoms with Crippen molar-refractivity contribution in [2.24, 2.45) is 0 Å². The van der Waals surface area contributed by atoms with Gasteiger partial charge in [-0.3, -0.25) is 14.5 Å². The summed E-state index contributed by atoms with van der Waals surface area (Å²) in [4.78, 5) is 30.7. The molecule has 1 fully saturated rings. The average molecular weight is 499 g/mol. The molecule has 1 atom stereocenters. The first-order valence-corrected chi connectivity index (χ1v) is 12.5. The predicted octanol–water partition coefficient (Wildman–Crippen LogP) is 5.10. The smallest absolute Gasteiger partial charge is 0.300 e. The minimum Gasteiger partial charge on any atom is -0.507 e. The summed E-state index contributed by atoms with van der Waals surface area (Å²) >= 11 is 0. The Balaban J connectivity index is 1.68. The lowest BCUT2D eigenvalue weighted by molar-refractivity contribution is -0.132. The fourth-order valence-corrected chi connectivity index (χ4v) is 5.17. The van der Waals surface area contributed by atoms with Crippen molar-refractivity contribution in [2.45, 2.75) is 26.3 Å². The molecule has 7 nitrogen and oxygen atoms in total. The number of aliphatic hydroxyl groups excluding tert-OH is 1. The molecule has 1 N–H and O–H groups in total. The second-order valence-electron chi connectivity index (χ2n) is 9.03. The fraction of sp³-hybridized carbons (Fsp3) is 0.267. The van der Waals surface area contributed by atoms with E-state index in [9.17, 15) is 14.7 Å². The monoisotopic (exact) mass is 498 g/mol. The SMILES string of the molecule is CCN(CC)c1ccc(C2/C(=C(/O)c3ccc4c(c3)CCO4)C(=O)C(=O)N2c2ccccc2OC)cc1. The van der Waals surface area contributed by atoms with Crippen LogP contribution in [0.3, 0.4) is 0 Å². The molecule has 190 valence electrons. The van der Waals surface area contributed by atoms with Gasteiger partial charge in [-0.15, -0.1) is 0 Å². The van der Waals surface area contributed by atoms with E-state index >= 15 is 0 Å². The van der Waals surface area contributed by atoms with Gasteiger partial charge in [-0.05, 0) is 67.4 Å². The van der Waals surface area contributed by atoms with Gasteiger partial charge < -0.3 is 19.5 Å². The van der Waals surface area contributed by atoms with Crippen LogP contribution in [0.2, 0.25) is 0 Å². The molecular formula is C30H30N2O5. The van der Waals surface area contributed by atoms with Crippen LogP contribution in [-0.2, 0) is 16.0 Å². The Labute approximate surface area is 216 Å². The zero-order chi connectivity index (χ0) is 26.1. The minimum absolute atomic E-state index is 0.0466. The van der Waals surface area contributed by atoms with Gasteiger partial charge in [-0.2, -0.15) is 0 Å². The normalized spacial score (nSPS) is 18.0. The number of rotatable bonds is 7. The summed E-state index contributed by atoms with van der Waals surface area (Å²) < 4.78 is 11.1. The summed E-state index contributed by atoms with van der Waals surface area (Å²) in [5.41, 5.74) is 3.71. The Hall–Kier alpha value is -4.26. The maximum absolute atomic E-state index is 13.5. The third-order valence-electron chi connectivity index (χ3n) is 7.09. The molecule has 2 aliphatic rings. The van der Waals surface area contributed by atoms with Crippen LogP contribution >= 0.6 is 0 Å². The molecule has 0 bridgehead atoms. The Bertz CT molecular complexity index is 1370. The van der Waals surface area contributed by atoms with Crippen molar-refractivity contribution in [3.05, 3.63) is 89.0 Å². The topological polar surface area (TPSA) is 79.3 Å². The lowest BCUT2D eigenvalue weighted by Crippen LogP contribution is -2.30. The molecule has 37 heavy (non-hydrogen) atoms. The van der Waals surface area contributed by atoms with Gasteiger partial charge in [0.2, 0.25) is 0 Å². The van der Waals surface area contributed by atoms with Crippen molar-refractivity contribution < 1.29 is 24.2 Å². The Morgan fingerprint density at radius 1 is 1.05 bits per heavy atom. The zero-order valence-electron chi connectivity index (χ0n) is 21.2. The van der Waals surface area contributed by atoms with Gasteiger partial charge in [0.05, 0.1) is 31.0 Å². The first-order valence-electron chi connectivity index (χ1n) is 12.5. The van der Waals surface area contributed by atoms with E-state index in [1.54, 1.807) is 36.4 Å². The number of hydrogen-bond donors (Lipinski definition) is 1. The van der Waals surface area contributed by atoms with Crippen LogP contribution in [0.15, 0.2) is 72.3 Å². The van der Waals surface area contributed by atoms with E-state index in [2.05, 4.69) is 18.7 Å². The quantitative estimate of drug-likeness (QED) is 0.277. The molecule has 7 heteroatoms. The highest BCUT2D eigenvalue weighted by Crippen LogP contribution is 2.45. The lowest BCUT2D eigenvalue weighted by Gasteiger charge is -2.27. The number of methoxy groups -OCH3 is 1. The average Bonchev–Trinajstić information content (AvgIpc) is 3.51. The van der Waals surface area contributed by atoms with Crippen LogP contribution in [-0.4, -0.2) is 43.6 Å². The number of aliphatic hydroxyl groups is 1. The van der Waals surface area contributed by atoms with Crippen molar-refractivity contribution in [1.29, 1.82) is 0 Å². The molecule has 1 amide bonds. The van der Waals surface area contributed by atoms with E-state index in [0.717, 1.165) is 36.5 Å². The zero-order valence-corrected chi connectivity index (χ0v) is 21.2. The maximum atomic E-state index is 13.5. The summed E-state index contributed by atoms with van der Waals surface area (Å²) in [7, 11) is 1.52. The highest BCUT2D eigenvalue weighted by atomic mass is 16.5. The number of ketones is 1. The Morgan fingerprint density at radius 2 is 1.78 bits per heavy atom. The molecule has 1 saturated heterocycles. The van der Waals surface area contributed by atoms with Crippen molar-refractivity contribution in [1.82, 2.24) is 0 Å². The first-order chi connectivity index (χ1) is 18.0. The van der Waals surface area contributed by atoms with Gasteiger partial charge >= 0.3 is 0 Å². The number of ether oxygens (including phenoxy) is 2. The molecule has 5 rings (SSSR count). The molecule has 1 unspecified atom stereocenters. The number of amides is 1. The molecule has 0 saturated carbocycles. The van der Waals surface area contributed by atoms with Crippen molar-refractivity contribution in [3.8, 4) is 11.5 Å². The summed E-state index contributed by atoms with van der Waals surface area (Å²) in [6.07, 6.45) is 0.724. The van der Waals surface area contributed by atoms with Crippen LogP contribution in [0.5, 0.6) is 11.5 Å². The van der Waals surface area contributed by atoms with Crippen LogP contribution in [0.4, 0.5) is 11.4 Å². The molecule has 3 aromatic carbocycles. The van der Waals surface area contributed by atoms with Crippen molar-refractivity contribution in [2.75, 3.05) is 36.6 Å². The third-order valence-corrected chi connectivity index (χ3v) is 7.09. The minimum atomic E-state index is -0.827. The predicted molar refractivity (Wildman–Crippen MR) is 143 cm³/mol. The Morgan fingerprint density at radius 3 is 2.49 bits per heavy atom. The molecule has 0 radical (unpaired) electrons. The number of Topliss-reactive ketones (excluding diaryl/α,β-unsaturated/α-hetero) is 1.